The Morgan fingerprint density at radius 3 is 2.63 bits per heavy atom. The summed E-state index contributed by atoms with van der Waals surface area (Å²) in [6, 6.07) is 4.47. The average molecular weight is 264 g/mol. The second kappa shape index (κ2) is 4.64. The maximum Gasteiger partial charge on any atom is 0.247 e. The van der Waals surface area contributed by atoms with Crippen LogP contribution in [0.5, 0.6) is 0 Å². The number of piperazine rings is 1. The van der Waals surface area contributed by atoms with E-state index < -0.39 is 11.4 Å². The standard InChI is InChI=1S/C14H17FN2O2/c1-14(2)13(19)16(3)7-8-17(14)12-6-4-5-11(15)10(12)9-18/h4-6,9H,7-8H2,1-3H3. The average Bonchev–Trinajstić information content (AvgIpc) is 2.36. The highest BCUT2D eigenvalue weighted by Gasteiger charge is 2.41. The first-order valence-corrected chi connectivity index (χ1v) is 6.16. The van der Waals surface area contributed by atoms with Crippen LogP contribution in [0.2, 0.25) is 0 Å². The van der Waals surface area contributed by atoms with Crippen LogP contribution >= 0.6 is 0 Å². The molecular formula is C14H17FN2O2. The molecule has 1 aromatic carbocycles. The van der Waals surface area contributed by atoms with Gasteiger partial charge in [0.2, 0.25) is 5.91 Å². The predicted octanol–water partition coefficient (Wildman–Crippen LogP) is 1.70. The normalized spacial score (nSPS) is 18.6. The van der Waals surface area contributed by atoms with E-state index in [-0.39, 0.29) is 11.5 Å². The third-order valence-corrected chi connectivity index (χ3v) is 3.64. The molecule has 1 saturated heterocycles. The molecule has 5 heteroatoms. The van der Waals surface area contributed by atoms with Crippen LogP contribution in [0.1, 0.15) is 24.2 Å². The molecule has 0 aliphatic carbocycles. The fraction of sp³-hybridized carbons (Fsp3) is 0.429. The maximum atomic E-state index is 13.7. The smallest absolute Gasteiger partial charge is 0.247 e. The van der Waals surface area contributed by atoms with Crippen molar-refractivity contribution in [3.8, 4) is 0 Å². The Morgan fingerprint density at radius 1 is 1.32 bits per heavy atom. The van der Waals surface area contributed by atoms with Crippen molar-refractivity contribution in [2.75, 3.05) is 25.0 Å². The highest BCUT2D eigenvalue weighted by Crippen LogP contribution is 2.31. The number of carbonyl (C=O) groups excluding carboxylic acids is 2. The van der Waals surface area contributed by atoms with E-state index in [2.05, 4.69) is 0 Å². The van der Waals surface area contributed by atoms with Crippen LogP contribution in [0.15, 0.2) is 18.2 Å². The van der Waals surface area contributed by atoms with Gasteiger partial charge in [-0.05, 0) is 26.0 Å². The summed E-state index contributed by atoms with van der Waals surface area (Å²) < 4.78 is 13.7. The summed E-state index contributed by atoms with van der Waals surface area (Å²) in [5, 5.41) is 0. The van der Waals surface area contributed by atoms with E-state index in [0.717, 1.165) is 0 Å². The summed E-state index contributed by atoms with van der Waals surface area (Å²) in [6.45, 7) is 4.69. The van der Waals surface area contributed by atoms with Gasteiger partial charge in [0, 0.05) is 20.1 Å². The topological polar surface area (TPSA) is 40.6 Å². The zero-order valence-electron chi connectivity index (χ0n) is 11.3. The molecule has 1 aromatic rings. The minimum absolute atomic E-state index is 0.00734. The summed E-state index contributed by atoms with van der Waals surface area (Å²) >= 11 is 0. The Kier molecular flexibility index (Phi) is 3.30. The lowest BCUT2D eigenvalue weighted by Gasteiger charge is -2.46. The van der Waals surface area contributed by atoms with Crippen LogP contribution < -0.4 is 4.90 Å². The molecule has 0 N–H and O–H groups in total. The van der Waals surface area contributed by atoms with Crippen molar-refractivity contribution in [3.63, 3.8) is 0 Å². The van der Waals surface area contributed by atoms with Gasteiger partial charge in [-0.1, -0.05) is 6.07 Å². The molecule has 1 amide bonds. The van der Waals surface area contributed by atoms with Crippen molar-refractivity contribution in [1.29, 1.82) is 0 Å². The molecule has 0 radical (unpaired) electrons. The quantitative estimate of drug-likeness (QED) is 0.763. The van der Waals surface area contributed by atoms with Gasteiger partial charge in [0.25, 0.3) is 0 Å². The number of hydrogen-bond donors (Lipinski definition) is 0. The minimum atomic E-state index is -0.793. The molecule has 0 aromatic heterocycles. The Balaban J connectivity index is 2.50. The monoisotopic (exact) mass is 264 g/mol. The lowest BCUT2D eigenvalue weighted by atomic mass is 9.95. The van der Waals surface area contributed by atoms with E-state index in [1.165, 1.54) is 6.07 Å². The van der Waals surface area contributed by atoms with E-state index in [4.69, 9.17) is 0 Å². The number of halogens is 1. The van der Waals surface area contributed by atoms with Crippen LogP contribution in [0, 0.1) is 5.82 Å². The summed E-state index contributed by atoms with van der Waals surface area (Å²) in [7, 11) is 1.74. The number of aldehydes is 1. The molecule has 1 aliphatic heterocycles. The number of benzene rings is 1. The van der Waals surface area contributed by atoms with Gasteiger partial charge in [-0.3, -0.25) is 9.59 Å². The third kappa shape index (κ3) is 2.09. The van der Waals surface area contributed by atoms with E-state index >= 15 is 0 Å². The minimum Gasteiger partial charge on any atom is -0.355 e. The first-order chi connectivity index (χ1) is 8.89. The third-order valence-electron chi connectivity index (χ3n) is 3.64. The van der Waals surface area contributed by atoms with Crippen LogP contribution in [-0.4, -0.2) is 42.8 Å². The molecule has 2 rings (SSSR count). The lowest BCUT2D eigenvalue weighted by Crippen LogP contribution is -2.62. The SMILES string of the molecule is CN1CCN(c2cccc(F)c2C=O)C(C)(C)C1=O. The van der Waals surface area contributed by atoms with Crippen molar-refractivity contribution < 1.29 is 14.0 Å². The molecule has 0 unspecified atom stereocenters. The summed E-state index contributed by atoms with van der Waals surface area (Å²) in [5.74, 6) is -0.602. The van der Waals surface area contributed by atoms with E-state index in [1.807, 2.05) is 0 Å². The van der Waals surface area contributed by atoms with Gasteiger partial charge in [-0.2, -0.15) is 0 Å². The highest BCUT2D eigenvalue weighted by atomic mass is 19.1. The first kappa shape index (κ1) is 13.5. The zero-order chi connectivity index (χ0) is 14.2. The number of anilines is 1. The predicted molar refractivity (Wildman–Crippen MR) is 70.8 cm³/mol. The van der Waals surface area contributed by atoms with Gasteiger partial charge >= 0.3 is 0 Å². The van der Waals surface area contributed by atoms with Crippen molar-refractivity contribution in [3.05, 3.63) is 29.6 Å². The number of nitrogens with zero attached hydrogens (tertiary/aromatic N) is 2. The number of amides is 1. The van der Waals surface area contributed by atoms with E-state index in [9.17, 15) is 14.0 Å². The highest BCUT2D eigenvalue weighted by molar-refractivity contribution is 5.93. The molecule has 19 heavy (non-hydrogen) atoms. The summed E-state index contributed by atoms with van der Waals surface area (Å²) in [4.78, 5) is 26.7. The van der Waals surface area contributed by atoms with Crippen LogP contribution in [0.25, 0.3) is 0 Å². The Bertz CT molecular complexity index is 528. The van der Waals surface area contributed by atoms with Crippen molar-refractivity contribution in [1.82, 2.24) is 4.90 Å². The number of rotatable bonds is 2. The number of hydrogen-bond acceptors (Lipinski definition) is 3. The molecule has 1 aliphatic rings. The first-order valence-electron chi connectivity index (χ1n) is 6.16. The van der Waals surface area contributed by atoms with Crippen molar-refractivity contribution >= 4 is 17.9 Å². The number of likely N-dealkylation sites (N-methyl/N-ethyl adjacent to an activating group) is 1. The van der Waals surface area contributed by atoms with E-state index in [0.29, 0.717) is 25.1 Å². The molecule has 0 saturated carbocycles. The maximum absolute atomic E-state index is 13.7. The fourth-order valence-electron chi connectivity index (χ4n) is 2.51. The largest absolute Gasteiger partial charge is 0.355 e. The molecule has 0 bridgehead atoms. The van der Waals surface area contributed by atoms with Crippen LogP contribution in [-0.2, 0) is 4.79 Å². The van der Waals surface area contributed by atoms with Crippen LogP contribution in [0.3, 0.4) is 0 Å². The van der Waals surface area contributed by atoms with E-state index in [1.54, 1.807) is 42.8 Å². The second-order valence-electron chi connectivity index (χ2n) is 5.23. The zero-order valence-corrected chi connectivity index (χ0v) is 11.3. The van der Waals surface area contributed by atoms with Crippen molar-refractivity contribution in [2.45, 2.75) is 19.4 Å². The molecule has 0 atom stereocenters. The fourth-order valence-corrected chi connectivity index (χ4v) is 2.51. The van der Waals surface area contributed by atoms with Gasteiger partial charge in [0.15, 0.2) is 6.29 Å². The number of carbonyl (C=O) groups is 2. The molecule has 4 nitrogen and oxygen atoms in total. The van der Waals surface area contributed by atoms with Gasteiger partial charge in [-0.25, -0.2) is 4.39 Å². The molecule has 1 heterocycles. The van der Waals surface area contributed by atoms with Gasteiger partial charge in [-0.15, -0.1) is 0 Å². The summed E-state index contributed by atoms with van der Waals surface area (Å²) in [5.41, 5.74) is -0.312. The van der Waals surface area contributed by atoms with Gasteiger partial charge in [0.05, 0.1) is 11.3 Å². The van der Waals surface area contributed by atoms with Gasteiger partial charge < -0.3 is 9.80 Å². The van der Waals surface area contributed by atoms with Crippen molar-refractivity contribution in [2.24, 2.45) is 0 Å². The Morgan fingerprint density at radius 2 is 2.00 bits per heavy atom. The second-order valence-corrected chi connectivity index (χ2v) is 5.23. The molecule has 1 fully saturated rings. The molecule has 0 spiro atoms. The summed E-state index contributed by atoms with van der Waals surface area (Å²) in [6.07, 6.45) is 0.504. The van der Waals surface area contributed by atoms with Gasteiger partial charge in [0.1, 0.15) is 11.4 Å². The molecular weight excluding hydrogens is 247 g/mol. The lowest BCUT2D eigenvalue weighted by molar-refractivity contribution is -0.136. The Labute approximate surface area is 111 Å². The molecule has 102 valence electrons. The van der Waals surface area contributed by atoms with Crippen LogP contribution in [0.4, 0.5) is 10.1 Å². The Hall–Kier alpha value is -1.91.